The van der Waals surface area contributed by atoms with E-state index < -0.39 is 5.60 Å². The van der Waals surface area contributed by atoms with Crippen molar-refractivity contribution in [3.63, 3.8) is 0 Å². The van der Waals surface area contributed by atoms with Crippen LogP contribution in [0.25, 0.3) is 0 Å². The molecule has 2 rings (SSSR count). The van der Waals surface area contributed by atoms with Gasteiger partial charge in [-0.3, -0.25) is 0 Å². The predicted molar refractivity (Wildman–Crippen MR) is 46.6 cm³/mol. The Labute approximate surface area is 73.2 Å². The first-order valence-corrected chi connectivity index (χ1v) is 4.62. The Bertz CT molecular complexity index is 224. The Kier molecular flexibility index (Phi) is 1.52. The average molecular weight is 168 g/mol. The molecule has 68 valence electrons. The van der Waals surface area contributed by atoms with Crippen LogP contribution >= 0.6 is 0 Å². The van der Waals surface area contributed by atoms with Gasteiger partial charge in [-0.2, -0.15) is 0 Å². The van der Waals surface area contributed by atoms with Gasteiger partial charge in [0.1, 0.15) is 11.4 Å². The molecule has 0 spiro atoms. The van der Waals surface area contributed by atoms with Crippen LogP contribution in [-0.2, 0) is 4.74 Å². The van der Waals surface area contributed by atoms with Crippen LogP contribution in [0.3, 0.4) is 0 Å². The van der Waals surface area contributed by atoms with Crippen LogP contribution in [0.2, 0.25) is 0 Å². The monoisotopic (exact) mass is 168 g/mol. The van der Waals surface area contributed by atoms with Crippen molar-refractivity contribution >= 4 is 0 Å². The van der Waals surface area contributed by atoms with E-state index in [2.05, 4.69) is 6.92 Å². The molecule has 0 bridgehead atoms. The Balaban J connectivity index is 2.19. The molecule has 2 nitrogen and oxygen atoms in total. The van der Waals surface area contributed by atoms with Gasteiger partial charge in [-0.1, -0.05) is 6.92 Å². The molecule has 0 saturated heterocycles. The lowest BCUT2D eigenvalue weighted by Crippen LogP contribution is -2.36. The highest BCUT2D eigenvalue weighted by atomic mass is 16.5. The van der Waals surface area contributed by atoms with Crippen molar-refractivity contribution in [2.24, 2.45) is 5.41 Å². The third-order valence-electron chi connectivity index (χ3n) is 3.36. The molecule has 2 heteroatoms. The smallest absolute Gasteiger partial charge is 0.124 e. The van der Waals surface area contributed by atoms with Gasteiger partial charge in [0.25, 0.3) is 0 Å². The third kappa shape index (κ3) is 0.977. The van der Waals surface area contributed by atoms with Crippen LogP contribution in [0.15, 0.2) is 11.8 Å². The summed E-state index contributed by atoms with van der Waals surface area (Å²) in [7, 11) is 0. The summed E-state index contributed by atoms with van der Waals surface area (Å²) in [5.41, 5.74) is -0.660. The van der Waals surface area contributed by atoms with Gasteiger partial charge < -0.3 is 9.84 Å². The standard InChI is InChI=1S/C10H16O2/c1-9(5-6-9)10(2,11)8-4-3-7-12-8/h4,11H,3,5-7H2,1-2H3. The molecular weight excluding hydrogens is 152 g/mol. The lowest BCUT2D eigenvalue weighted by atomic mass is 9.85. The maximum Gasteiger partial charge on any atom is 0.124 e. The second-order valence-electron chi connectivity index (χ2n) is 4.34. The number of ether oxygens (including phenoxy) is 1. The quantitative estimate of drug-likeness (QED) is 0.681. The lowest BCUT2D eigenvalue weighted by Gasteiger charge is -2.30. The number of rotatable bonds is 2. The average Bonchev–Trinajstić information content (AvgIpc) is 2.59. The van der Waals surface area contributed by atoms with E-state index in [-0.39, 0.29) is 5.41 Å². The summed E-state index contributed by atoms with van der Waals surface area (Å²) in [5.74, 6) is 0.794. The minimum atomic E-state index is -0.733. The van der Waals surface area contributed by atoms with Crippen LogP contribution in [0, 0.1) is 5.41 Å². The van der Waals surface area contributed by atoms with E-state index in [4.69, 9.17) is 4.74 Å². The Morgan fingerprint density at radius 1 is 1.58 bits per heavy atom. The largest absolute Gasteiger partial charge is 0.495 e. The van der Waals surface area contributed by atoms with Gasteiger partial charge in [-0.25, -0.2) is 0 Å². The second kappa shape index (κ2) is 2.25. The Hall–Kier alpha value is -0.500. The summed E-state index contributed by atoms with van der Waals surface area (Å²) in [6.07, 6.45) is 5.19. The fourth-order valence-electron chi connectivity index (χ4n) is 1.73. The van der Waals surface area contributed by atoms with Crippen molar-refractivity contribution in [2.75, 3.05) is 6.61 Å². The van der Waals surface area contributed by atoms with Crippen LogP contribution in [-0.4, -0.2) is 17.3 Å². The summed E-state index contributed by atoms with van der Waals surface area (Å²) in [4.78, 5) is 0. The molecule has 0 aromatic heterocycles. The van der Waals surface area contributed by atoms with Crippen molar-refractivity contribution in [2.45, 2.75) is 38.7 Å². The van der Waals surface area contributed by atoms with Crippen molar-refractivity contribution < 1.29 is 9.84 Å². The first-order chi connectivity index (χ1) is 5.56. The molecule has 1 aliphatic carbocycles. The highest BCUT2D eigenvalue weighted by Gasteiger charge is 2.55. The van der Waals surface area contributed by atoms with E-state index in [0.29, 0.717) is 0 Å². The van der Waals surface area contributed by atoms with E-state index in [9.17, 15) is 5.11 Å². The van der Waals surface area contributed by atoms with Crippen LogP contribution in [0.4, 0.5) is 0 Å². The molecule has 1 saturated carbocycles. The fraction of sp³-hybridized carbons (Fsp3) is 0.800. The first-order valence-electron chi connectivity index (χ1n) is 4.62. The topological polar surface area (TPSA) is 29.5 Å². The molecule has 1 aliphatic heterocycles. The number of hydrogen-bond donors (Lipinski definition) is 1. The van der Waals surface area contributed by atoms with E-state index in [1.54, 1.807) is 0 Å². The molecule has 1 fully saturated rings. The predicted octanol–water partition coefficient (Wildman–Crippen LogP) is 1.84. The Morgan fingerprint density at radius 2 is 2.25 bits per heavy atom. The number of aliphatic hydroxyl groups is 1. The summed E-state index contributed by atoms with van der Waals surface area (Å²) in [5, 5.41) is 10.2. The molecular formula is C10H16O2. The Morgan fingerprint density at radius 3 is 2.67 bits per heavy atom. The van der Waals surface area contributed by atoms with Crippen molar-refractivity contribution in [3.8, 4) is 0 Å². The zero-order chi connectivity index (χ0) is 8.82. The minimum absolute atomic E-state index is 0.0726. The highest BCUT2D eigenvalue weighted by Crippen LogP contribution is 2.56. The van der Waals surface area contributed by atoms with Crippen LogP contribution in [0.5, 0.6) is 0 Å². The second-order valence-corrected chi connectivity index (χ2v) is 4.34. The van der Waals surface area contributed by atoms with E-state index in [1.165, 1.54) is 0 Å². The number of hydrogen-bond acceptors (Lipinski definition) is 2. The van der Waals surface area contributed by atoms with Gasteiger partial charge in [0, 0.05) is 11.8 Å². The van der Waals surface area contributed by atoms with Crippen molar-refractivity contribution in [3.05, 3.63) is 11.8 Å². The van der Waals surface area contributed by atoms with Gasteiger partial charge >= 0.3 is 0 Å². The summed E-state index contributed by atoms with van der Waals surface area (Å²) >= 11 is 0. The van der Waals surface area contributed by atoms with E-state index in [0.717, 1.165) is 31.6 Å². The van der Waals surface area contributed by atoms with E-state index >= 15 is 0 Å². The molecule has 1 heterocycles. The van der Waals surface area contributed by atoms with Crippen LogP contribution in [0.1, 0.15) is 33.1 Å². The van der Waals surface area contributed by atoms with Crippen molar-refractivity contribution in [1.29, 1.82) is 0 Å². The normalized spacial score (nSPS) is 30.4. The van der Waals surface area contributed by atoms with Crippen molar-refractivity contribution in [1.82, 2.24) is 0 Å². The lowest BCUT2D eigenvalue weighted by molar-refractivity contribution is -0.0195. The molecule has 0 amide bonds. The zero-order valence-corrected chi connectivity index (χ0v) is 7.76. The molecule has 0 aromatic carbocycles. The summed E-state index contributed by atoms with van der Waals surface area (Å²) in [6.45, 7) is 4.73. The summed E-state index contributed by atoms with van der Waals surface area (Å²) in [6, 6.07) is 0. The van der Waals surface area contributed by atoms with Gasteiger partial charge in [-0.15, -0.1) is 0 Å². The molecule has 2 aliphatic rings. The van der Waals surface area contributed by atoms with Gasteiger partial charge in [0.2, 0.25) is 0 Å². The van der Waals surface area contributed by atoms with Gasteiger partial charge in [0.15, 0.2) is 0 Å². The van der Waals surface area contributed by atoms with Gasteiger partial charge in [0.05, 0.1) is 6.61 Å². The summed E-state index contributed by atoms with van der Waals surface area (Å²) < 4.78 is 5.40. The molecule has 1 atom stereocenters. The fourth-order valence-corrected chi connectivity index (χ4v) is 1.73. The van der Waals surface area contributed by atoms with E-state index in [1.807, 2.05) is 13.0 Å². The van der Waals surface area contributed by atoms with Gasteiger partial charge in [-0.05, 0) is 25.8 Å². The zero-order valence-electron chi connectivity index (χ0n) is 7.76. The molecule has 0 aromatic rings. The SMILES string of the molecule is CC1(C(C)(O)C2=CCCO2)CC1. The molecule has 12 heavy (non-hydrogen) atoms. The minimum Gasteiger partial charge on any atom is -0.495 e. The molecule has 1 unspecified atom stereocenters. The highest BCUT2D eigenvalue weighted by molar-refractivity contribution is 5.21. The maximum absolute atomic E-state index is 10.2. The third-order valence-corrected chi connectivity index (χ3v) is 3.36. The molecule has 0 radical (unpaired) electrons. The first kappa shape index (κ1) is 8.11. The van der Waals surface area contributed by atoms with Crippen LogP contribution < -0.4 is 0 Å². The maximum atomic E-state index is 10.2. The molecule has 1 N–H and O–H groups in total.